The lowest BCUT2D eigenvalue weighted by Crippen LogP contribution is -2.27. The molecule has 164 valence electrons. The molecule has 4 aromatic rings. The van der Waals surface area contributed by atoms with E-state index in [2.05, 4.69) is 5.32 Å². The number of carbonyl (C=O) groups is 2. The Hall–Kier alpha value is -4.18. The third-order valence-corrected chi connectivity index (χ3v) is 5.62. The lowest BCUT2D eigenvalue weighted by atomic mass is 9.90. The molecule has 4 aromatic carbocycles. The summed E-state index contributed by atoms with van der Waals surface area (Å²) in [6.07, 6.45) is 0.288. The fourth-order valence-corrected chi connectivity index (χ4v) is 3.80. The van der Waals surface area contributed by atoms with E-state index in [9.17, 15) is 9.59 Å². The highest BCUT2D eigenvalue weighted by Gasteiger charge is 2.22. The molecule has 1 N–H and O–H groups in total. The van der Waals surface area contributed by atoms with E-state index in [-0.39, 0.29) is 18.2 Å². The Morgan fingerprint density at radius 2 is 1.18 bits per heavy atom. The van der Waals surface area contributed by atoms with Crippen LogP contribution in [0.15, 0.2) is 115 Å². The molecule has 0 heterocycles. The molecule has 0 fully saturated rings. The smallest absolute Gasteiger partial charge is 0.236 e. The average molecular weight is 435 g/mol. The van der Waals surface area contributed by atoms with Gasteiger partial charge < -0.3 is 10.2 Å². The van der Waals surface area contributed by atoms with Crippen LogP contribution in [0.3, 0.4) is 0 Å². The monoisotopic (exact) mass is 434 g/mol. The lowest BCUT2D eigenvalue weighted by molar-refractivity contribution is -0.118. The van der Waals surface area contributed by atoms with Gasteiger partial charge in [0.15, 0.2) is 0 Å². The number of hydrogen-bond donors (Lipinski definition) is 1. The fraction of sp³-hybridized carbons (Fsp3) is 0.103. The number of hydrogen-bond acceptors (Lipinski definition) is 2. The minimum Gasteiger partial charge on any atom is -0.325 e. The second kappa shape index (κ2) is 10.4. The number of benzene rings is 4. The van der Waals surface area contributed by atoms with E-state index >= 15 is 0 Å². The number of anilines is 2. The van der Waals surface area contributed by atoms with Gasteiger partial charge in [-0.3, -0.25) is 9.59 Å². The van der Waals surface area contributed by atoms with Crippen molar-refractivity contribution in [2.24, 2.45) is 0 Å². The molecule has 0 aromatic heterocycles. The van der Waals surface area contributed by atoms with Crippen LogP contribution < -0.4 is 10.2 Å². The van der Waals surface area contributed by atoms with Crippen molar-refractivity contribution >= 4 is 23.2 Å². The molecule has 4 nitrogen and oxygen atoms in total. The Labute approximate surface area is 194 Å². The van der Waals surface area contributed by atoms with Gasteiger partial charge in [-0.25, -0.2) is 0 Å². The average Bonchev–Trinajstić information content (AvgIpc) is 2.87. The summed E-state index contributed by atoms with van der Waals surface area (Å²) in [6, 6.07) is 36.5. The summed E-state index contributed by atoms with van der Waals surface area (Å²) in [6.45, 7) is 0. The molecule has 0 aliphatic heterocycles. The van der Waals surface area contributed by atoms with Crippen molar-refractivity contribution in [3.8, 4) is 0 Å². The van der Waals surface area contributed by atoms with Crippen LogP contribution in [0.4, 0.5) is 11.4 Å². The van der Waals surface area contributed by atoms with Crippen LogP contribution in [0, 0.1) is 0 Å². The quantitative estimate of drug-likeness (QED) is 0.408. The van der Waals surface area contributed by atoms with Gasteiger partial charge in [-0.1, -0.05) is 91.0 Å². The molecule has 0 saturated carbocycles. The molecule has 0 spiro atoms. The maximum atomic E-state index is 13.3. The van der Waals surface area contributed by atoms with Gasteiger partial charge in [0.2, 0.25) is 11.8 Å². The number of carbonyl (C=O) groups excluding carboxylic acids is 2. The molecular formula is C29H26N2O2. The predicted molar refractivity (Wildman–Crippen MR) is 133 cm³/mol. The predicted octanol–water partition coefficient (Wildman–Crippen LogP) is 5.66. The van der Waals surface area contributed by atoms with Crippen molar-refractivity contribution in [3.05, 3.63) is 132 Å². The highest BCUT2D eigenvalue weighted by atomic mass is 16.2. The molecule has 0 aliphatic carbocycles. The van der Waals surface area contributed by atoms with Crippen molar-refractivity contribution in [3.63, 3.8) is 0 Å². The molecule has 0 aliphatic rings. The Kier molecular flexibility index (Phi) is 6.96. The van der Waals surface area contributed by atoms with Gasteiger partial charge >= 0.3 is 0 Å². The zero-order chi connectivity index (χ0) is 23.0. The molecule has 4 heteroatoms. The van der Waals surface area contributed by atoms with Crippen molar-refractivity contribution in [2.45, 2.75) is 12.3 Å². The first-order chi connectivity index (χ1) is 16.1. The van der Waals surface area contributed by atoms with Crippen LogP contribution in [-0.4, -0.2) is 18.9 Å². The molecule has 0 saturated heterocycles. The minimum atomic E-state index is -0.409. The standard InChI is InChI=1S/C29H26N2O2/c1-31(26-15-9-4-10-16-26)27(32)21-22-17-19-25(20-18-22)30-29(33)28(23-11-5-2-6-12-23)24-13-7-3-8-14-24/h2-20,28H,21H2,1H3,(H,30,33). The normalized spacial score (nSPS) is 10.6. The molecule has 0 bridgehead atoms. The highest BCUT2D eigenvalue weighted by Crippen LogP contribution is 2.26. The first-order valence-corrected chi connectivity index (χ1v) is 10.9. The van der Waals surface area contributed by atoms with Crippen molar-refractivity contribution < 1.29 is 9.59 Å². The van der Waals surface area contributed by atoms with Crippen LogP contribution in [0.1, 0.15) is 22.6 Å². The van der Waals surface area contributed by atoms with E-state index in [1.807, 2.05) is 115 Å². The fourth-order valence-electron chi connectivity index (χ4n) is 3.80. The molecule has 0 radical (unpaired) electrons. The van der Waals surface area contributed by atoms with Gasteiger partial charge in [0.25, 0.3) is 0 Å². The maximum absolute atomic E-state index is 13.3. The number of para-hydroxylation sites is 1. The molecular weight excluding hydrogens is 408 g/mol. The lowest BCUT2D eigenvalue weighted by Gasteiger charge is -2.19. The van der Waals surface area contributed by atoms with Crippen molar-refractivity contribution in [1.29, 1.82) is 0 Å². The summed E-state index contributed by atoms with van der Waals surface area (Å²) >= 11 is 0. The second-order valence-electron chi connectivity index (χ2n) is 7.91. The van der Waals surface area contributed by atoms with Crippen LogP contribution in [0.5, 0.6) is 0 Å². The number of rotatable bonds is 7. The largest absolute Gasteiger partial charge is 0.325 e. The van der Waals surface area contributed by atoms with Crippen molar-refractivity contribution in [1.82, 2.24) is 0 Å². The number of nitrogens with one attached hydrogen (secondary N) is 1. The van der Waals surface area contributed by atoms with Gasteiger partial charge in [0, 0.05) is 18.4 Å². The molecule has 2 amide bonds. The number of amides is 2. The third-order valence-electron chi connectivity index (χ3n) is 5.62. The van der Waals surface area contributed by atoms with E-state index in [4.69, 9.17) is 0 Å². The first kappa shape index (κ1) is 22.0. The first-order valence-electron chi connectivity index (χ1n) is 10.9. The maximum Gasteiger partial charge on any atom is 0.236 e. The van der Waals surface area contributed by atoms with Gasteiger partial charge in [-0.2, -0.15) is 0 Å². The van der Waals surface area contributed by atoms with E-state index in [0.29, 0.717) is 5.69 Å². The van der Waals surface area contributed by atoms with Crippen LogP contribution in [0.2, 0.25) is 0 Å². The van der Waals surface area contributed by atoms with E-state index in [1.165, 1.54) is 0 Å². The molecule has 0 atom stereocenters. The molecule has 33 heavy (non-hydrogen) atoms. The van der Waals surface area contributed by atoms with Gasteiger partial charge in [-0.15, -0.1) is 0 Å². The summed E-state index contributed by atoms with van der Waals surface area (Å²) in [5.74, 6) is -0.501. The molecule has 4 rings (SSSR count). The Balaban J connectivity index is 1.45. The zero-order valence-corrected chi connectivity index (χ0v) is 18.5. The van der Waals surface area contributed by atoms with E-state index in [0.717, 1.165) is 22.4 Å². The SMILES string of the molecule is CN(C(=O)Cc1ccc(NC(=O)C(c2ccccc2)c2ccccc2)cc1)c1ccccc1. The summed E-state index contributed by atoms with van der Waals surface area (Å²) in [5.41, 5.74) is 4.33. The number of nitrogens with zero attached hydrogens (tertiary/aromatic N) is 1. The van der Waals surface area contributed by atoms with E-state index < -0.39 is 5.92 Å². The summed E-state index contributed by atoms with van der Waals surface area (Å²) in [4.78, 5) is 27.5. The van der Waals surface area contributed by atoms with Crippen LogP contribution in [0.25, 0.3) is 0 Å². The third kappa shape index (κ3) is 5.55. The van der Waals surface area contributed by atoms with Crippen LogP contribution in [-0.2, 0) is 16.0 Å². The Bertz CT molecular complexity index is 1150. The minimum absolute atomic E-state index is 0.00575. The van der Waals surface area contributed by atoms with Crippen LogP contribution >= 0.6 is 0 Å². The van der Waals surface area contributed by atoms with Gasteiger partial charge in [0.1, 0.15) is 0 Å². The number of likely N-dealkylation sites (N-methyl/N-ethyl adjacent to an activating group) is 1. The second-order valence-corrected chi connectivity index (χ2v) is 7.91. The van der Waals surface area contributed by atoms with Gasteiger partial charge in [0.05, 0.1) is 12.3 Å². The summed E-state index contributed by atoms with van der Waals surface area (Å²) in [7, 11) is 1.78. The zero-order valence-electron chi connectivity index (χ0n) is 18.5. The summed E-state index contributed by atoms with van der Waals surface area (Å²) in [5, 5.41) is 3.03. The topological polar surface area (TPSA) is 49.4 Å². The highest BCUT2D eigenvalue weighted by molar-refractivity contribution is 5.98. The van der Waals surface area contributed by atoms with Gasteiger partial charge in [-0.05, 0) is 41.0 Å². The molecule has 0 unspecified atom stereocenters. The Morgan fingerprint density at radius 3 is 1.70 bits per heavy atom. The Morgan fingerprint density at radius 1 is 0.697 bits per heavy atom. The van der Waals surface area contributed by atoms with E-state index in [1.54, 1.807) is 11.9 Å². The van der Waals surface area contributed by atoms with Crippen molar-refractivity contribution in [2.75, 3.05) is 17.3 Å². The summed E-state index contributed by atoms with van der Waals surface area (Å²) < 4.78 is 0.